The fourth-order valence-electron chi connectivity index (χ4n) is 3.45. The number of piperidine rings is 1. The highest BCUT2D eigenvalue weighted by molar-refractivity contribution is 6.30. The Morgan fingerprint density at radius 1 is 1.17 bits per heavy atom. The normalized spacial score (nSPS) is 26.0. The Labute approximate surface area is 144 Å². The standard InChI is InChI=1S/C18H28ClNO3/c1-14-9-15(2)11-20(10-14)12-17(21)13-22-7-8-23-18-5-3-16(19)4-6-18/h3-6,14-15,17,21H,7-13H2,1-2H3/p+1/t14-,15-,17-/m0/s1. The van der Waals surface area contributed by atoms with Crippen molar-refractivity contribution in [3.05, 3.63) is 29.3 Å². The van der Waals surface area contributed by atoms with Crippen LogP contribution in [0.3, 0.4) is 0 Å². The molecule has 1 aliphatic rings. The minimum absolute atomic E-state index is 0.371. The predicted molar refractivity (Wildman–Crippen MR) is 92.3 cm³/mol. The summed E-state index contributed by atoms with van der Waals surface area (Å²) in [6.45, 7) is 8.99. The topological polar surface area (TPSA) is 43.1 Å². The summed E-state index contributed by atoms with van der Waals surface area (Å²) in [6.07, 6.45) is 0.899. The predicted octanol–water partition coefficient (Wildman–Crippen LogP) is 1.66. The molecule has 2 N–H and O–H groups in total. The third kappa shape index (κ3) is 7.08. The van der Waals surface area contributed by atoms with Gasteiger partial charge in [-0.15, -0.1) is 0 Å². The van der Waals surface area contributed by atoms with Gasteiger partial charge in [0.2, 0.25) is 0 Å². The van der Waals surface area contributed by atoms with E-state index in [0.717, 1.165) is 37.2 Å². The van der Waals surface area contributed by atoms with Crippen molar-refractivity contribution in [1.29, 1.82) is 0 Å². The second-order valence-electron chi connectivity index (χ2n) is 6.84. The van der Waals surface area contributed by atoms with Crippen molar-refractivity contribution in [1.82, 2.24) is 0 Å². The van der Waals surface area contributed by atoms with Crippen LogP contribution in [-0.2, 0) is 4.74 Å². The average Bonchev–Trinajstić information content (AvgIpc) is 2.47. The van der Waals surface area contributed by atoms with Crippen LogP contribution in [0, 0.1) is 11.8 Å². The van der Waals surface area contributed by atoms with Crippen molar-refractivity contribution in [3.63, 3.8) is 0 Å². The first-order valence-corrected chi connectivity index (χ1v) is 8.88. The van der Waals surface area contributed by atoms with E-state index in [1.165, 1.54) is 11.3 Å². The van der Waals surface area contributed by atoms with Crippen LogP contribution in [0.5, 0.6) is 5.75 Å². The Kier molecular flexibility index (Phi) is 7.63. The number of aliphatic hydroxyl groups is 1. The lowest BCUT2D eigenvalue weighted by atomic mass is 9.92. The summed E-state index contributed by atoms with van der Waals surface area (Å²) in [5, 5.41) is 10.8. The minimum atomic E-state index is -0.405. The second kappa shape index (κ2) is 9.48. The molecule has 130 valence electrons. The smallest absolute Gasteiger partial charge is 0.126 e. The van der Waals surface area contributed by atoms with Gasteiger partial charge in [-0.2, -0.15) is 0 Å². The van der Waals surface area contributed by atoms with Crippen LogP contribution in [0.4, 0.5) is 0 Å². The Morgan fingerprint density at radius 3 is 2.48 bits per heavy atom. The zero-order valence-corrected chi connectivity index (χ0v) is 14.9. The number of likely N-dealkylation sites (tertiary alicyclic amines) is 1. The fraction of sp³-hybridized carbons (Fsp3) is 0.667. The van der Waals surface area contributed by atoms with E-state index in [2.05, 4.69) is 13.8 Å². The third-order valence-corrected chi connectivity index (χ3v) is 4.48. The van der Waals surface area contributed by atoms with Crippen molar-refractivity contribution in [3.8, 4) is 5.75 Å². The van der Waals surface area contributed by atoms with Crippen LogP contribution in [0.25, 0.3) is 0 Å². The van der Waals surface area contributed by atoms with E-state index in [1.807, 2.05) is 12.1 Å². The number of halogens is 1. The molecule has 23 heavy (non-hydrogen) atoms. The molecule has 5 heteroatoms. The number of aliphatic hydroxyl groups excluding tert-OH is 1. The Balaban J connectivity index is 1.56. The molecule has 3 atom stereocenters. The van der Waals surface area contributed by atoms with Crippen LogP contribution in [0.15, 0.2) is 24.3 Å². The van der Waals surface area contributed by atoms with Gasteiger partial charge in [0.15, 0.2) is 0 Å². The lowest BCUT2D eigenvalue weighted by molar-refractivity contribution is -0.915. The molecule has 0 aliphatic carbocycles. The highest BCUT2D eigenvalue weighted by Gasteiger charge is 2.26. The number of hydrogen-bond acceptors (Lipinski definition) is 3. The molecule has 0 aromatic heterocycles. The molecule has 2 rings (SSSR count). The number of rotatable bonds is 8. The molecule has 4 nitrogen and oxygen atoms in total. The lowest BCUT2D eigenvalue weighted by Gasteiger charge is -2.33. The Morgan fingerprint density at radius 2 is 1.83 bits per heavy atom. The van der Waals surface area contributed by atoms with Gasteiger partial charge in [-0.1, -0.05) is 25.4 Å². The zero-order chi connectivity index (χ0) is 16.7. The largest absolute Gasteiger partial charge is 0.491 e. The van der Waals surface area contributed by atoms with Crippen molar-refractivity contribution >= 4 is 11.6 Å². The molecule has 0 radical (unpaired) electrons. The number of hydrogen-bond donors (Lipinski definition) is 2. The first kappa shape index (κ1) is 18.5. The van der Waals surface area contributed by atoms with Crippen molar-refractivity contribution in [2.75, 3.05) is 39.5 Å². The van der Waals surface area contributed by atoms with Gasteiger partial charge in [0, 0.05) is 16.9 Å². The summed E-state index contributed by atoms with van der Waals surface area (Å²) in [5.41, 5.74) is 0. The number of benzene rings is 1. The molecule has 0 amide bonds. The van der Waals surface area contributed by atoms with E-state index < -0.39 is 6.10 Å². The molecule has 1 heterocycles. The highest BCUT2D eigenvalue weighted by atomic mass is 35.5. The molecule has 1 fully saturated rings. The molecule has 1 aliphatic heterocycles. The Hall–Kier alpha value is -0.810. The summed E-state index contributed by atoms with van der Waals surface area (Å²) in [6, 6.07) is 7.26. The maximum atomic E-state index is 10.1. The molecular weight excluding hydrogens is 314 g/mol. The maximum Gasteiger partial charge on any atom is 0.126 e. The number of nitrogens with one attached hydrogen (secondary N) is 1. The molecular formula is C18H29ClNO3+. The van der Waals surface area contributed by atoms with Gasteiger partial charge < -0.3 is 19.5 Å². The fourth-order valence-corrected chi connectivity index (χ4v) is 3.58. The van der Waals surface area contributed by atoms with Crippen LogP contribution in [-0.4, -0.2) is 50.7 Å². The van der Waals surface area contributed by atoms with Crippen LogP contribution >= 0.6 is 11.6 Å². The van der Waals surface area contributed by atoms with Gasteiger partial charge in [0.1, 0.15) is 25.0 Å². The summed E-state index contributed by atoms with van der Waals surface area (Å²) < 4.78 is 11.1. The van der Waals surface area contributed by atoms with E-state index in [9.17, 15) is 5.11 Å². The summed E-state index contributed by atoms with van der Waals surface area (Å²) in [7, 11) is 0. The van der Waals surface area contributed by atoms with E-state index >= 15 is 0 Å². The second-order valence-corrected chi connectivity index (χ2v) is 7.28. The van der Waals surface area contributed by atoms with Crippen LogP contribution in [0.2, 0.25) is 5.02 Å². The highest BCUT2D eigenvalue weighted by Crippen LogP contribution is 2.15. The van der Waals surface area contributed by atoms with Gasteiger partial charge in [-0.25, -0.2) is 0 Å². The SMILES string of the molecule is C[C@H]1C[C@H](C)C[NH+](C[C@H](O)COCCOc2ccc(Cl)cc2)C1. The lowest BCUT2D eigenvalue weighted by Crippen LogP contribution is -3.15. The Bertz CT molecular complexity index is 444. The summed E-state index contributed by atoms with van der Waals surface area (Å²) in [5.74, 6) is 2.27. The molecule has 0 saturated carbocycles. The van der Waals surface area contributed by atoms with Crippen molar-refractivity contribution in [2.45, 2.75) is 26.4 Å². The molecule has 0 bridgehead atoms. The van der Waals surface area contributed by atoms with Crippen molar-refractivity contribution in [2.24, 2.45) is 11.8 Å². The van der Waals surface area contributed by atoms with E-state index in [-0.39, 0.29) is 0 Å². The molecule has 1 saturated heterocycles. The summed E-state index contributed by atoms with van der Waals surface area (Å²) in [4.78, 5) is 1.49. The quantitative estimate of drug-likeness (QED) is 0.706. The van der Waals surface area contributed by atoms with Gasteiger partial charge in [-0.3, -0.25) is 0 Å². The molecule has 0 unspecified atom stereocenters. The van der Waals surface area contributed by atoms with E-state index in [1.54, 1.807) is 12.1 Å². The van der Waals surface area contributed by atoms with Gasteiger partial charge >= 0.3 is 0 Å². The molecule has 0 spiro atoms. The van der Waals surface area contributed by atoms with Gasteiger partial charge in [-0.05, 0) is 30.7 Å². The van der Waals surface area contributed by atoms with Gasteiger partial charge in [0.25, 0.3) is 0 Å². The molecule has 1 aromatic rings. The summed E-state index contributed by atoms with van der Waals surface area (Å²) >= 11 is 5.82. The minimum Gasteiger partial charge on any atom is -0.491 e. The van der Waals surface area contributed by atoms with Crippen molar-refractivity contribution < 1.29 is 19.5 Å². The van der Waals surface area contributed by atoms with Gasteiger partial charge in [0.05, 0.1) is 26.3 Å². The average molecular weight is 343 g/mol. The first-order chi connectivity index (χ1) is 11.0. The molecule has 1 aromatic carbocycles. The first-order valence-electron chi connectivity index (χ1n) is 8.50. The van der Waals surface area contributed by atoms with E-state index in [0.29, 0.717) is 24.8 Å². The third-order valence-electron chi connectivity index (χ3n) is 4.22. The van der Waals surface area contributed by atoms with E-state index in [4.69, 9.17) is 21.1 Å². The monoisotopic (exact) mass is 342 g/mol. The number of ether oxygens (including phenoxy) is 2. The maximum absolute atomic E-state index is 10.1. The zero-order valence-electron chi connectivity index (χ0n) is 14.1. The van der Waals surface area contributed by atoms with Crippen LogP contribution in [0.1, 0.15) is 20.3 Å². The van der Waals surface area contributed by atoms with Crippen LogP contribution < -0.4 is 9.64 Å². The number of quaternary nitrogens is 1.